The predicted octanol–water partition coefficient (Wildman–Crippen LogP) is 0.252. The minimum atomic E-state index is 0.300. The molecule has 0 aromatic heterocycles. The number of hydrogen-bond acceptors (Lipinski definition) is 3. The Balaban J connectivity index is 2.24. The Hall–Kier alpha value is -0.120. The van der Waals surface area contributed by atoms with Crippen LogP contribution in [0.4, 0.5) is 0 Å². The second-order valence-electron chi connectivity index (χ2n) is 4.29. The van der Waals surface area contributed by atoms with Gasteiger partial charge < -0.3 is 14.9 Å². The van der Waals surface area contributed by atoms with Crippen LogP contribution in [0.3, 0.4) is 0 Å². The van der Waals surface area contributed by atoms with E-state index in [1.54, 1.807) is 0 Å². The molecule has 1 rings (SSSR count). The second kappa shape index (κ2) is 5.58. The highest BCUT2D eigenvalue weighted by atomic mass is 16.3. The normalized spacial score (nSPS) is 25.4. The van der Waals surface area contributed by atoms with Crippen LogP contribution in [0.1, 0.15) is 12.8 Å². The number of hydrogen-bond donors (Lipinski definition) is 1. The molecule has 1 fully saturated rings. The lowest BCUT2D eigenvalue weighted by Crippen LogP contribution is -2.40. The summed E-state index contributed by atoms with van der Waals surface area (Å²) in [5.74, 6) is 0.801. The maximum Gasteiger partial charge on any atom is 0.0558 e. The van der Waals surface area contributed by atoms with E-state index in [9.17, 15) is 0 Å². The molecule has 0 aromatic carbocycles. The molecule has 0 bridgehead atoms. The van der Waals surface area contributed by atoms with Crippen LogP contribution >= 0.6 is 0 Å². The van der Waals surface area contributed by atoms with E-state index in [1.807, 2.05) is 0 Å². The molecule has 0 saturated carbocycles. The first kappa shape index (κ1) is 11.0. The van der Waals surface area contributed by atoms with Gasteiger partial charge in [-0.25, -0.2) is 0 Å². The van der Waals surface area contributed by atoms with E-state index in [1.165, 1.54) is 32.5 Å². The maximum absolute atomic E-state index is 8.83. The molecule has 0 spiro atoms. The van der Waals surface area contributed by atoms with E-state index in [0.29, 0.717) is 6.61 Å². The number of likely N-dealkylation sites (tertiary alicyclic amines) is 1. The summed E-state index contributed by atoms with van der Waals surface area (Å²) < 4.78 is 0. The zero-order valence-corrected chi connectivity index (χ0v) is 8.87. The standard InChI is InChI=1S/C10H22N2O/c1-11(2)8-10-4-3-5-12(9-10)6-7-13/h10,13H,3-9H2,1-2H3/t10-/m1/s1. The van der Waals surface area contributed by atoms with Crippen molar-refractivity contribution in [2.24, 2.45) is 5.92 Å². The van der Waals surface area contributed by atoms with Gasteiger partial charge in [0.1, 0.15) is 0 Å². The van der Waals surface area contributed by atoms with Crippen LogP contribution in [0.15, 0.2) is 0 Å². The third-order valence-corrected chi connectivity index (χ3v) is 2.64. The van der Waals surface area contributed by atoms with Crippen molar-refractivity contribution in [1.82, 2.24) is 9.80 Å². The molecule has 3 heteroatoms. The smallest absolute Gasteiger partial charge is 0.0558 e. The average molecular weight is 186 g/mol. The highest BCUT2D eigenvalue weighted by Crippen LogP contribution is 2.16. The van der Waals surface area contributed by atoms with E-state index in [2.05, 4.69) is 23.9 Å². The van der Waals surface area contributed by atoms with Crippen molar-refractivity contribution >= 4 is 0 Å². The molecule has 0 aliphatic carbocycles. The minimum Gasteiger partial charge on any atom is -0.395 e. The lowest BCUT2D eigenvalue weighted by atomic mass is 9.98. The molecule has 78 valence electrons. The average Bonchev–Trinajstić information content (AvgIpc) is 2.04. The Kier molecular flexibility index (Phi) is 4.70. The van der Waals surface area contributed by atoms with Crippen LogP contribution in [-0.4, -0.2) is 61.8 Å². The van der Waals surface area contributed by atoms with Crippen molar-refractivity contribution in [3.05, 3.63) is 0 Å². The fourth-order valence-corrected chi connectivity index (χ4v) is 2.16. The number of aliphatic hydroxyl groups excluding tert-OH is 1. The molecular weight excluding hydrogens is 164 g/mol. The zero-order valence-electron chi connectivity index (χ0n) is 8.87. The zero-order chi connectivity index (χ0) is 9.68. The maximum atomic E-state index is 8.83. The monoisotopic (exact) mass is 186 g/mol. The van der Waals surface area contributed by atoms with Gasteiger partial charge in [-0.15, -0.1) is 0 Å². The van der Waals surface area contributed by atoms with Gasteiger partial charge in [0.15, 0.2) is 0 Å². The second-order valence-corrected chi connectivity index (χ2v) is 4.29. The summed E-state index contributed by atoms with van der Waals surface area (Å²) >= 11 is 0. The molecule has 1 heterocycles. The molecule has 1 saturated heterocycles. The summed E-state index contributed by atoms with van der Waals surface area (Å²) in [6.07, 6.45) is 2.64. The van der Waals surface area contributed by atoms with Gasteiger partial charge in [-0.1, -0.05) is 0 Å². The van der Waals surface area contributed by atoms with Gasteiger partial charge in [-0.2, -0.15) is 0 Å². The Bertz CT molecular complexity index is 137. The predicted molar refractivity (Wildman–Crippen MR) is 54.8 cm³/mol. The van der Waals surface area contributed by atoms with Gasteiger partial charge in [0.05, 0.1) is 6.61 Å². The van der Waals surface area contributed by atoms with Crippen LogP contribution in [0.25, 0.3) is 0 Å². The van der Waals surface area contributed by atoms with E-state index >= 15 is 0 Å². The molecule has 3 nitrogen and oxygen atoms in total. The summed E-state index contributed by atoms with van der Waals surface area (Å²) in [7, 11) is 4.26. The first-order valence-electron chi connectivity index (χ1n) is 5.20. The molecular formula is C10H22N2O. The Morgan fingerprint density at radius 3 is 2.85 bits per heavy atom. The summed E-state index contributed by atoms with van der Waals surface area (Å²) in [4.78, 5) is 4.63. The fourth-order valence-electron chi connectivity index (χ4n) is 2.16. The summed E-state index contributed by atoms with van der Waals surface area (Å²) in [6.45, 7) is 4.67. The third kappa shape index (κ3) is 4.07. The first-order valence-corrected chi connectivity index (χ1v) is 5.20. The topological polar surface area (TPSA) is 26.7 Å². The molecule has 1 atom stereocenters. The third-order valence-electron chi connectivity index (χ3n) is 2.64. The number of piperidine rings is 1. The number of aliphatic hydroxyl groups is 1. The molecule has 0 unspecified atom stereocenters. The molecule has 1 N–H and O–H groups in total. The number of β-amino-alcohol motifs (C(OH)–C–C–N with tert-alkyl or cyclic N) is 1. The molecule has 0 amide bonds. The van der Waals surface area contributed by atoms with Crippen LogP contribution in [0, 0.1) is 5.92 Å². The number of rotatable bonds is 4. The lowest BCUT2D eigenvalue weighted by molar-refractivity contribution is 0.126. The van der Waals surface area contributed by atoms with Gasteiger partial charge >= 0.3 is 0 Å². The highest BCUT2D eigenvalue weighted by molar-refractivity contribution is 4.74. The van der Waals surface area contributed by atoms with Crippen molar-refractivity contribution in [3.8, 4) is 0 Å². The quantitative estimate of drug-likeness (QED) is 0.682. The van der Waals surface area contributed by atoms with Crippen LogP contribution in [0.5, 0.6) is 0 Å². The molecule has 0 aromatic rings. The van der Waals surface area contributed by atoms with Crippen molar-refractivity contribution in [1.29, 1.82) is 0 Å². The minimum absolute atomic E-state index is 0.300. The number of nitrogens with zero attached hydrogens (tertiary/aromatic N) is 2. The largest absolute Gasteiger partial charge is 0.395 e. The first-order chi connectivity index (χ1) is 6.22. The van der Waals surface area contributed by atoms with Gasteiger partial charge in [-0.05, 0) is 39.4 Å². The molecule has 1 aliphatic heterocycles. The van der Waals surface area contributed by atoms with Crippen molar-refractivity contribution in [2.45, 2.75) is 12.8 Å². The van der Waals surface area contributed by atoms with Crippen LogP contribution in [0.2, 0.25) is 0 Å². The molecule has 1 aliphatic rings. The summed E-state index contributed by atoms with van der Waals surface area (Å²) in [6, 6.07) is 0. The Morgan fingerprint density at radius 1 is 1.46 bits per heavy atom. The summed E-state index contributed by atoms with van der Waals surface area (Å²) in [5, 5.41) is 8.83. The van der Waals surface area contributed by atoms with Crippen molar-refractivity contribution in [3.63, 3.8) is 0 Å². The highest BCUT2D eigenvalue weighted by Gasteiger charge is 2.19. The van der Waals surface area contributed by atoms with E-state index in [4.69, 9.17) is 5.11 Å². The van der Waals surface area contributed by atoms with E-state index < -0.39 is 0 Å². The summed E-state index contributed by atoms with van der Waals surface area (Å²) in [5.41, 5.74) is 0. The van der Waals surface area contributed by atoms with Gasteiger partial charge in [0, 0.05) is 19.6 Å². The Labute approximate surface area is 81.3 Å². The SMILES string of the molecule is CN(C)C[C@H]1CCCN(CCO)C1. The van der Waals surface area contributed by atoms with Crippen molar-refractivity contribution in [2.75, 3.05) is 46.9 Å². The van der Waals surface area contributed by atoms with Gasteiger partial charge in [0.2, 0.25) is 0 Å². The van der Waals surface area contributed by atoms with Gasteiger partial charge in [0.25, 0.3) is 0 Å². The van der Waals surface area contributed by atoms with Crippen LogP contribution in [-0.2, 0) is 0 Å². The van der Waals surface area contributed by atoms with Crippen molar-refractivity contribution < 1.29 is 5.11 Å². The fraction of sp³-hybridized carbons (Fsp3) is 1.00. The van der Waals surface area contributed by atoms with E-state index in [-0.39, 0.29) is 0 Å². The van der Waals surface area contributed by atoms with E-state index in [0.717, 1.165) is 12.5 Å². The Morgan fingerprint density at radius 2 is 2.23 bits per heavy atom. The lowest BCUT2D eigenvalue weighted by Gasteiger charge is -2.33. The molecule has 0 radical (unpaired) electrons. The van der Waals surface area contributed by atoms with Crippen LogP contribution < -0.4 is 0 Å². The van der Waals surface area contributed by atoms with Gasteiger partial charge in [-0.3, -0.25) is 0 Å². The molecule has 13 heavy (non-hydrogen) atoms.